The number of phenols is 1. The Bertz CT molecular complexity index is 586. The van der Waals surface area contributed by atoms with Crippen molar-refractivity contribution in [2.75, 3.05) is 5.73 Å². The van der Waals surface area contributed by atoms with E-state index >= 15 is 0 Å². The Labute approximate surface area is 105 Å². The first-order chi connectivity index (χ1) is 8.69. The second-order valence-corrected chi connectivity index (χ2v) is 3.82. The van der Waals surface area contributed by atoms with Gasteiger partial charge in [0.15, 0.2) is 0 Å². The summed E-state index contributed by atoms with van der Waals surface area (Å²) >= 11 is 0. The molecule has 0 atom stereocenters. The molecular weight excluding hydrogens is 228 g/mol. The van der Waals surface area contributed by atoms with E-state index < -0.39 is 0 Å². The molecule has 2 rings (SSSR count). The lowest BCUT2D eigenvalue weighted by atomic mass is 10.2. The summed E-state index contributed by atoms with van der Waals surface area (Å²) < 4.78 is 5.55. The molecule has 0 aliphatic heterocycles. The van der Waals surface area contributed by atoms with Crippen molar-refractivity contribution in [3.05, 3.63) is 53.6 Å². The van der Waals surface area contributed by atoms with Gasteiger partial charge < -0.3 is 15.6 Å². The molecule has 0 saturated heterocycles. The summed E-state index contributed by atoms with van der Waals surface area (Å²) in [7, 11) is 0. The van der Waals surface area contributed by atoms with Crippen molar-refractivity contribution in [1.82, 2.24) is 0 Å². The van der Waals surface area contributed by atoms with Gasteiger partial charge in [-0.2, -0.15) is 5.26 Å². The average Bonchev–Trinajstić information content (AvgIpc) is 2.39. The van der Waals surface area contributed by atoms with Crippen molar-refractivity contribution in [2.24, 2.45) is 0 Å². The van der Waals surface area contributed by atoms with Gasteiger partial charge in [0, 0.05) is 0 Å². The molecule has 0 aromatic heterocycles. The first-order valence-corrected chi connectivity index (χ1v) is 5.39. The fourth-order valence-electron chi connectivity index (χ4n) is 1.50. The number of anilines is 1. The van der Waals surface area contributed by atoms with Gasteiger partial charge in [-0.3, -0.25) is 0 Å². The fourth-order valence-corrected chi connectivity index (χ4v) is 1.50. The number of ether oxygens (including phenoxy) is 1. The van der Waals surface area contributed by atoms with Crippen molar-refractivity contribution >= 4 is 5.69 Å². The Morgan fingerprint density at radius 3 is 2.50 bits per heavy atom. The summed E-state index contributed by atoms with van der Waals surface area (Å²) in [6.07, 6.45) is 0. The molecule has 18 heavy (non-hydrogen) atoms. The van der Waals surface area contributed by atoms with Crippen molar-refractivity contribution in [1.29, 1.82) is 5.26 Å². The van der Waals surface area contributed by atoms with Crippen LogP contribution in [0.4, 0.5) is 5.69 Å². The highest BCUT2D eigenvalue weighted by Crippen LogP contribution is 2.23. The van der Waals surface area contributed by atoms with E-state index in [2.05, 4.69) is 0 Å². The topological polar surface area (TPSA) is 79.3 Å². The first-order valence-electron chi connectivity index (χ1n) is 5.39. The minimum Gasteiger partial charge on any atom is -0.508 e. The zero-order chi connectivity index (χ0) is 13.0. The second kappa shape index (κ2) is 5.11. The van der Waals surface area contributed by atoms with Crippen LogP contribution in [0.5, 0.6) is 11.5 Å². The molecule has 0 heterocycles. The molecule has 2 aromatic carbocycles. The number of nitrogen functional groups attached to an aromatic ring is 1. The van der Waals surface area contributed by atoms with E-state index in [4.69, 9.17) is 20.8 Å². The van der Waals surface area contributed by atoms with Crippen LogP contribution >= 0.6 is 0 Å². The minimum atomic E-state index is 0.219. The van der Waals surface area contributed by atoms with E-state index in [1.165, 1.54) is 0 Å². The summed E-state index contributed by atoms with van der Waals surface area (Å²) in [6.45, 7) is 0.358. The van der Waals surface area contributed by atoms with E-state index in [1.54, 1.807) is 42.5 Å². The Balaban J connectivity index is 2.06. The summed E-state index contributed by atoms with van der Waals surface area (Å²) in [4.78, 5) is 0. The quantitative estimate of drug-likeness (QED) is 0.807. The number of hydrogen-bond donors (Lipinski definition) is 2. The third-order valence-corrected chi connectivity index (χ3v) is 2.47. The number of phenolic OH excluding ortho intramolecular Hbond substituents is 1. The van der Waals surface area contributed by atoms with Crippen molar-refractivity contribution < 1.29 is 9.84 Å². The van der Waals surface area contributed by atoms with Crippen LogP contribution in [0.25, 0.3) is 0 Å². The van der Waals surface area contributed by atoms with Crippen LogP contribution in [0, 0.1) is 11.3 Å². The molecule has 0 unspecified atom stereocenters. The van der Waals surface area contributed by atoms with Gasteiger partial charge in [0.2, 0.25) is 0 Å². The van der Waals surface area contributed by atoms with Crippen LogP contribution in [-0.2, 0) is 6.61 Å². The Morgan fingerprint density at radius 2 is 1.89 bits per heavy atom. The monoisotopic (exact) mass is 240 g/mol. The molecule has 90 valence electrons. The molecule has 0 fully saturated rings. The standard InChI is InChI=1S/C14H12N2O2/c15-8-11-3-6-14(13(16)7-11)18-9-10-1-4-12(17)5-2-10/h1-7,17H,9,16H2. The number of rotatable bonds is 3. The first kappa shape index (κ1) is 11.8. The summed E-state index contributed by atoms with van der Waals surface area (Å²) in [5, 5.41) is 17.9. The molecule has 0 saturated carbocycles. The van der Waals surface area contributed by atoms with E-state index in [1.807, 2.05) is 6.07 Å². The van der Waals surface area contributed by atoms with E-state index in [0.717, 1.165) is 5.56 Å². The molecule has 0 bridgehead atoms. The normalized spacial score (nSPS) is 9.72. The zero-order valence-corrected chi connectivity index (χ0v) is 9.63. The maximum absolute atomic E-state index is 9.15. The molecule has 4 heteroatoms. The largest absolute Gasteiger partial charge is 0.508 e. The van der Waals surface area contributed by atoms with Crippen LogP contribution in [0.1, 0.15) is 11.1 Å². The van der Waals surface area contributed by atoms with E-state index in [9.17, 15) is 0 Å². The van der Waals surface area contributed by atoms with Crippen molar-refractivity contribution in [3.8, 4) is 17.6 Å². The molecule has 0 radical (unpaired) electrons. The lowest BCUT2D eigenvalue weighted by molar-refractivity contribution is 0.308. The predicted molar refractivity (Wildman–Crippen MR) is 68.0 cm³/mol. The van der Waals surface area contributed by atoms with Crippen molar-refractivity contribution in [3.63, 3.8) is 0 Å². The Kier molecular flexibility index (Phi) is 3.35. The molecule has 2 aromatic rings. The molecule has 0 amide bonds. The van der Waals surface area contributed by atoms with Crippen LogP contribution in [0.15, 0.2) is 42.5 Å². The van der Waals surface area contributed by atoms with Crippen LogP contribution in [0.2, 0.25) is 0 Å². The van der Waals surface area contributed by atoms with Gasteiger partial charge in [0.25, 0.3) is 0 Å². The van der Waals surface area contributed by atoms with Crippen molar-refractivity contribution in [2.45, 2.75) is 6.61 Å². The Hall–Kier alpha value is -2.67. The lowest BCUT2D eigenvalue weighted by Crippen LogP contribution is -1.98. The number of nitrogens with zero attached hydrogens (tertiary/aromatic N) is 1. The number of nitriles is 1. The third kappa shape index (κ3) is 2.71. The van der Waals surface area contributed by atoms with Gasteiger partial charge in [-0.1, -0.05) is 12.1 Å². The maximum Gasteiger partial charge on any atom is 0.142 e. The molecule has 4 nitrogen and oxygen atoms in total. The predicted octanol–water partition coefficient (Wildman–Crippen LogP) is 2.43. The molecule has 3 N–H and O–H groups in total. The van der Waals surface area contributed by atoms with Gasteiger partial charge in [0.05, 0.1) is 17.3 Å². The minimum absolute atomic E-state index is 0.219. The average molecular weight is 240 g/mol. The fraction of sp³-hybridized carbons (Fsp3) is 0.0714. The highest BCUT2D eigenvalue weighted by Gasteiger charge is 2.02. The number of nitrogens with two attached hydrogens (primary N) is 1. The molecule has 0 aliphatic carbocycles. The number of benzene rings is 2. The lowest BCUT2D eigenvalue weighted by Gasteiger charge is -2.09. The van der Waals surface area contributed by atoms with Gasteiger partial charge in [-0.15, -0.1) is 0 Å². The SMILES string of the molecule is N#Cc1ccc(OCc2ccc(O)cc2)c(N)c1. The molecular formula is C14H12N2O2. The molecule has 0 aliphatic rings. The van der Waals surface area contributed by atoms with Gasteiger partial charge >= 0.3 is 0 Å². The van der Waals surface area contributed by atoms with E-state index in [0.29, 0.717) is 23.6 Å². The smallest absolute Gasteiger partial charge is 0.142 e. The van der Waals surface area contributed by atoms with Crippen LogP contribution < -0.4 is 10.5 Å². The highest BCUT2D eigenvalue weighted by molar-refractivity contribution is 5.56. The molecule has 0 spiro atoms. The maximum atomic E-state index is 9.15. The summed E-state index contributed by atoms with van der Waals surface area (Å²) in [5.74, 6) is 0.763. The highest BCUT2D eigenvalue weighted by atomic mass is 16.5. The second-order valence-electron chi connectivity index (χ2n) is 3.82. The summed E-state index contributed by atoms with van der Waals surface area (Å²) in [6, 6.07) is 13.7. The van der Waals surface area contributed by atoms with Gasteiger partial charge in [-0.25, -0.2) is 0 Å². The zero-order valence-electron chi connectivity index (χ0n) is 9.63. The van der Waals surface area contributed by atoms with E-state index in [-0.39, 0.29) is 5.75 Å². The van der Waals surface area contributed by atoms with Crippen LogP contribution in [-0.4, -0.2) is 5.11 Å². The number of hydrogen-bond acceptors (Lipinski definition) is 4. The van der Waals surface area contributed by atoms with Crippen LogP contribution in [0.3, 0.4) is 0 Å². The third-order valence-electron chi connectivity index (χ3n) is 2.47. The van der Waals surface area contributed by atoms with Gasteiger partial charge in [-0.05, 0) is 35.9 Å². The van der Waals surface area contributed by atoms with Gasteiger partial charge in [0.1, 0.15) is 18.1 Å². The Morgan fingerprint density at radius 1 is 1.17 bits per heavy atom. The number of aromatic hydroxyl groups is 1. The summed E-state index contributed by atoms with van der Waals surface area (Å²) in [5.41, 5.74) is 7.64.